The van der Waals surface area contributed by atoms with Crippen LogP contribution in [0, 0.1) is 0 Å². The van der Waals surface area contributed by atoms with Gasteiger partial charge >= 0.3 is 18.3 Å². The van der Waals surface area contributed by atoms with Crippen molar-refractivity contribution in [2.75, 3.05) is 25.0 Å². The van der Waals surface area contributed by atoms with Gasteiger partial charge in [-0.3, -0.25) is 14.1 Å². The maximum absolute atomic E-state index is 12.3. The molecule has 1 aliphatic rings. The van der Waals surface area contributed by atoms with Crippen LogP contribution in [0.2, 0.25) is 0 Å². The smallest absolute Gasteiger partial charge is 0.407 e. The first-order valence-electron chi connectivity index (χ1n) is 11.7. The van der Waals surface area contributed by atoms with Crippen LogP contribution in [0.3, 0.4) is 0 Å². The number of nitrogens with one attached hydrogen (secondary N) is 2. The van der Waals surface area contributed by atoms with Gasteiger partial charge in [0.1, 0.15) is 12.2 Å². The second kappa shape index (κ2) is 10.0. The summed E-state index contributed by atoms with van der Waals surface area (Å²) in [4.78, 5) is 32.9. The second-order valence-electron chi connectivity index (χ2n) is 8.88. The number of carbonyl (C=O) groups excluding carboxylic acids is 1. The van der Waals surface area contributed by atoms with Crippen LogP contribution in [0.15, 0.2) is 55.4 Å². The number of aromatic nitrogens is 5. The number of carbonyl (C=O) groups is 2. The van der Waals surface area contributed by atoms with Gasteiger partial charge in [-0.2, -0.15) is 18.3 Å². The molecule has 0 aliphatic carbocycles. The number of halogens is 3. The number of alkyl halides is 3. The lowest BCUT2D eigenvalue weighted by Crippen LogP contribution is -2.38. The van der Waals surface area contributed by atoms with Gasteiger partial charge in [0.15, 0.2) is 0 Å². The lowest BCUT2D eigenvalue weighted by Gasteiger charge is -2.30. The molecule has 0 aromatic carbocycles. The van der Waals surface area contributed by atoms with E-state index in [0.29, 0.717) is 42.8 Å². The number of hydrogen-bond acceptors (Lipinski definition) is 5. The Morgan fingerprint density at radius 3 is 2.58 bits per heavy atom. The molecule has 0 atom stereocenters. The van der Waals surface area contributed by atoms with Crippen molar-refractivity contribution in [3.63, 3.8) is 0 Å². The Hall–Kier alpha value is -4.62. The first kappa shape index (κ1) is 25.0. The van der Waals surface area contributed by atoms with Gasteiger partial charge < -0.3 is 20.6 Å². The van der Waals surface area contributed by atoms with Gasteiger partial charge in [-0.05, 0) is 36.6 Å². The number of hydrogen-bond donors (Lipinski definition) is 3. The fourth-order valence-corrected chi connectivity index (χ4v) is 4.39. The van der Waals surface area contributed by atoms with E-state index in [1.807, 2.05) is 33.6 Å². The summed E-state index contributed by atoms with van der Waals surface area (Å²) in [6, 6.07) is 4.55. The Kier molecular flexibility index (Phi) is 6.61. The van der Waals surface area contributed by atoms with Crippen molar-refractivity contribution in [2.24, 2.45) is 0 Å². The maximum atomic E-state index is 12.3. The van der Waals surface area contributed by atoms with Crippen LogP contribution in [-0.4, -0.2) is 72.1 Å². The third-order valence-corrected chi connectivity index (χ3v) is 6.30. The predicted molar refractivity (Wildman–Crippen MR) is 131 cm³/mol. The third kappa shape index (κ3) is 5.53. The lowest BCUT2D eigenvalue weighted by molar-refractivity contribution is -0.122. The van der Waals surface area contributed by atoms with Gasteiger partial charge in [-0.25, -0.2) is 14.6 Å². The molecule has 5 heterocycles. The molecule has 1 aliphatic heterocycles. The van der Waals surface area contributed by atoms with Gasteiger partial charge in [0, 0.05) is 42.8 Å². The average molecular weight is 528 g/mol. The van der Waals surface area contributed by atoms with E-state index >= 15 is 0 Å². The Bertz CT molecular complexity index is 1470. The molecule has 1 saturated heterocycles. The highest BCUT2D eigenvalue weighted by molar-refractivity contribution is 5.89. The molecular weight excluding hydrogens is 505 g/mol. The molecule has 4 aromatic heterocycles. The molecule has 0 spiro atoms. The molecule has 11 nitrogen and oxygen atoms in total. The number of imidazole rings is 1. The highest BCUT2D eigenvalue weighted by atomic mass is 19.4. The number of anilines is 1. The fraction of sp³-hybridized carbons (Fsp3) is 0.292. The molecule has 0 radical (unpaired) electrons. The first-order chi connectivity index (χ1) is 18.2. The van der Waals surface area contributed by atoms with Crippen molar-refractivity contribution in [1.29, 1.82) is 0 Å². The Labute approximate surface area is 213 Å². The zero-order valence-electron chi connectivity index (χ0n) is 19.9. The lowest BCUT2D eigenvalue weighted by atomic mass is 10.1. The van der Waals surface area contributed by atoms with E-state index < -0.39 is 24.8 Å². The number of rotatable bonds is 5. The quantitative estimate of drug-likeness (QED) is 0.355. The summed E-state index contributed by atoms with van der Waals surface area (Å²) in [5.74, 6) is 0. The molecule has 0 saturated carbocycles. The van der Waals surface area contributed by atoms with E-state index in [2.05, 4.69) is 20.4 Å². The Morgan fingerprint density at radius 1 is 1.05 bits per heavy atom. The summed E-state index contributed by atoms with van der Waals surface area (Å²) in [6.45, 7) is -0.492. The highest BCUT2D eigenvalue weighted by Gasteiger charge is 2.28. The van der Waals surface area contributed by atoms with Crippen LogP contribution in [0.4, 0.5) is 28.4 Å². The molecule has 198 valence electrons. The minimum absolute atomic E-state index is 0.130. The SMILES string of the molecule is O=C(NCC(F)(F)F)Nc1cncc(-c2cnc3cc(-c4cnn(C5CCN(C(=O)O)CC5)c4)ccn23)c1. The summed E-state index contributed by atoms with van der Waals surface area (Å²) >= 11 is 0. The maximum Gasteiger partial charge on any atom is 0.407 e. The Balaban J connectivity index is 1.30. The van der Waals surface area contributed by atoms with E-state index in [4.69, 9.17) is 5.11 Å². The topological polar surface area (TPSA) is 130 Å². The molecule has 38 heavy (non-hydrogen) atoms. The fourth-order valence-electron chi connectivity index (χ4n) is 4.39. The average Bonchev–Trinajstić information content (AvgIpc) is 3.55. The number of amides is 3. The zero-order chi connectivity index (χ0) is 26.9. The van der Waals surface area contributed by atoms with Crippen molar-refractivity contribution in [1.82, 2.24) is 34.4 Å². The molecule has 3 N–H and O–H groups in total. The van der Waals surface area contributed by atoms with Crippen LogP contribution in [-0.2, 0) is 0 Å². The summed E-state index contributed by atoms with van der Waals surface area (Å²) in [5.41, 5.74) is 3.98. The van der Waals surface area contributed by atoms with Gasteiger partial charge in [-0.15, -0.1) is 0 Å². The molecule has 0 bridgehead atoms. The third-order valence-electron chi connectivity index (χ3n) is 6.30. The zero-order valence-corrected chi connectivity index (χ0v) is 19.9. The van der Waals surface area contributed by atoms with Crippen LogP contribution in [0.1, 0.15) is 18.9 Å². The summed E-state index contributed by atoms with van der Waals surface area (Å²) in [7, 11) is 0. The molecule has 3 amide bonds. The van der Waals surface area contributed by atoms with E-state index in [0.717, 1.165) is 11.1 Å². The standard InChI is InChI=1S/C24H23F3N8O3/c25-24(26,27)14-30-22(36)32-18-7-16(9-28-11-18)20-12-29-21-8-15(1-6-34(20)21)17-10-31-35(13-17)19-2-4-33(5-3-19)23(37)38/h1,6-13,19H,2-5,14H2,(H,37,38)(H2,30,32,36). The van der Waals surface area contributed by atoms with Gasteiger partial charge in [-0.1, -0.05) is 0 Å². The molecule has 0 unspecified atom stereocenters. The molecule has 1 fully saturated rings. The first-order valence-corrected chi connectivity index (χ1v) is 11.7. The number of carboxylic acid groups (broad SMARTS) is 1. The minimum atomic E-state index is -4.51. The summed E-state index contributed by atoms with van der Waals surface area (Å²) in [5, 5.41) is 17.7. The van der Waals surface area contributed by atoms with E-state index in [9.17, 15) is 22.8 Å². The van der Waals surface area contributed by atoms with Crippen molar-refractivity contribution in [3.8, 4) is 22.4 Å². The minimum Gasteiger partial charge on any atom is -0.465 e. The van der Waals surface area contributed by atoms with Crippen LogP contribution in [0.5, 0.6) is 0 Å². The van der Waals surface area contributed by atoms with Gasteiger partial charge in [0.2, 0.25) is 0 Å². The van der Waals surface area contributed by atoms with Crippen molar-refractivity contribution in [3.05, 3.63) is 55.4 Å². The number of likely N-dealkylation sites (tertiary alicyclic amines) is 1. The van der Waals surface area contributed by atoms with Gasteiger partial charge in [0.25, 0.3) is 0 Å². The monoisotopic (exact) mass is 528 g/mol. The van der Waals surface area contributed by atoms with Crippen molar-refractivity contribution in [2.45, 2.75) is 25.1 Å². The van der Waals surface area contributed by atoms with Crippen LogP contribution in [0.25, 0.3) is 28.0 Å². The van der Waals surface area contributed by atoms with E-state index in [-0.39, 0.29) is 11.7 Å². The molecule has 14 heteroatoms. The van der Waals surface area contributed by atoms with E-state index in [1.165, 1.54) is 11.1 Å². The van der Waals surface area contributed by atoms with E-state index in [1.54, 1.807) is 30.0 Å². The summed E-state index contributed by atoms with van der Waals surface area (Å²) in [6.07, 6.45) is 6.07. The van der Waals surface area contributed by atoms with Crippen LogP contribution >= 0.6 is 0 Å². The largest absolute Gasteiger partial charge is 0.465 e. The number of nitrogens with zero attached hydrogens (tertiary/aromatic N) is 6. The molecule has 5 rings (SSSR count). The number of piperidine rings is 1. The number of urea groups is 1. The highest BCUT2D eigenvalue weighted by Crippen LogP contribution is 2.28. The normalized spacial score (nSPS) is 14.6. The predicted octanol–water partition coefficient (Wildman–Crippen LogP) is 4.26. The van der Waals surface area contributed by atoms with Crippen LogP contribution < -0.4 is 10.6 Å². The van der Waals surface area contributed by atoms with Gasteiger partial charge in [0.05, 0.1) is 36.0 Å². The van der Waals surface area contributed by atoms with Crippen molar-refractivity contribution < 1.29 is 27.9 Å². The van der Waals surface area contributed by atoms with Crippen molar-refractivity contribution >= 4 is 23.5 Å². The number of fused-ring (bicyclic) bond motifs is 1. The second-order valence-corrected chi connectivity index (χ2v) is 8.88. The Morgan fingerprint density at radius 2 is 1.84 bits per heavy atom. The molecular formula is C24H23F3N8O3. The molecule has 4 aromatic rings. The summed E-state index contributed by atoms with van der Waals surface area (Å²) < 4.78 is 40.7. The number of pyridine rings is 2.